The van der Waals surface area contributed by atoms with Gasteiger partial charge in [0, 0.05) is 49.4 Å². The average molecular weight is 447 g/mol. The summed E-state index contributed by atoms with van der Waals surface area (Å²) in [5, 5.41) is 3.27. The molecule has 0 radical (unpaired) electrons. The Balaban J connectivity index is 1.51. The molecule has 2 atom stereocenters. The van der Waals surface area contributed by atoms with E-state index in [1.807, 2.05) is 22.4 Å². The van der Waals surface area contributed by atoms with Gasteiger partial charge < -0.3 is 4.90 Å². The molecule has 0 aliphatic carbocycles. The second-order valence-corrected chi connectivity index (χ2v) is 9.33. The van der Waals surface area contributed by atoms with Crippen molar-refractivity contribution in [1.29, 1.82) is 0 Å². The van der Waals surface area contributed by atoms with Crippen molar-refractivity contribution in [2.45, 2.75) is 58.2 Å². The number of carbonyl (C=O) groups is 2. The van der Waals surface area contributed by atoms with Crippen LogP contribution in [0.4, 0.5) is 10.8 Å². The predicted octanol–water partition coefficient (Wildman–Crippen LogP) is 4.46. The van der Waals surface area contributed by atoms with Crippen molar-refractivity contribution in [3.05, 3.63) is 40.4 Å². The first-order valence-corrected chi connectivity index (χ1v) is 11.7. The quantitative estimate of drug-likeness (QED) is 0.680. The van der Waals surface area contributed by atoms with Crippen LogP contribution < -0.4 is 4.90 Å². The van der Waals surface area contributed by atoms with Crippen LogP contribution in [0.15, 0.2) is 29.6 Å². The monoisotopic (exact) mass is 446 g/mol. The number of amides is 2. The zero-order chi connectivity index (χ0) is 21.3. The summed E-state index contributed by atoms with van der Waals surface area (Å²) in [6, 6.07) is 7.96. The third kappa shape index (κ3) is 4.38. The normalized spacial score (nSPS) is 21.9. The van der Waals surface area contributed by atoms with Gasteiger partial charge in [-0.1, -0.05) is 17.7 Å². The van der Waals surface area contributed by atoms with Gasteiger partial charge in [0.15, 0.2) is 5.13 Å². The van der Waals surface area contributed by atoms with Gasteiger partial charge in [0.1, 0.15) is 0 Å². The minimum atomic E-state index is -0.0970. The molecule has 0 spiro atoms. The number of anilines is 2. The molecule has 2 aliphatic rings. The van der Waals surface area contributed by atoms with Gasteiger partial charge in [-0.05, 0) is 50.4 Å². The molecule has 2 saturated heterocycles. The van der Waals surface area contributed by atoms with Crippen molar-refractivity contribution >= 4 is 45.6 Å². The summed E-state index contributed by atoms with van der Waals surface area (Å²) in [4.78, 5) is 35.3. The van der Waals surface area contributed by atoms with Crippen LogP contribution in [0.25, 0.3) is 0 Å². The number of carbonyl (C=O) groups excluding carboxylic acids is 2. The highest BCUT2D eigenvalue weighted by molar-refractivity contribution is 7.14. The Hall–Kier alpha value is -1.96. The first kappa shape index (κ1) is 21.3. The number of hydrogen-bond acceptors (Lipinski definition) is 5. The zero-order valence-electron chi connectivity index (χ0n) is 17.4. The summed E-state index contributed by atoms with van der Waals surface area (Å²) < 4.78 is 0. The summed E-state index contributed by atoms with van der Waals surface area (Å²) >= 11 is 7.59. The highest BCUT2D eigenvalue weighted by Gasteiger charge is 2.38. The molecular weight excluding hydrogens is 420 g/mol. The van der Waals surface area contributed by atoms with Crippen LogP contribution in [0, 0.1) is 0 Å². The molecular formula is C22H27ClN4O2S. The molecule has 0 N–H and O–H groups in total. The molecule has 30 heavy (non-hydrogen) atoms. The second-order valence-electron chi connectivity index (χ2n) is 8.06. The number of benzene rings is 1. The molecule has 1 aromatic heterocycles. The van der Waals surface area contributed by atoms with Gasteiger partial charge in [0.2, 0.25) is 11.8 Å². The molecule has 3 heterocycles. The molecule has 2 amide bonds. The van der Waals surface area contributed by atoms with Gasteiger partial charge in [0.05, 0.1) is 11.4 Å². The Morgan fingerprint density at radius 2 is 1.97 bits per heavy atom. The van der Waals surface area contributed by atoms with Crippen LogP contribution in [0.5, 0.6) is 0 Å². The van der Waals surface area contributed by atoms with Gasteiger partial charge in [-0.25, -0.2) is 4.98 Å². The SMILES string of the molecule is CC(=O)N(c1cccc(Cl)c1)c1nc(CN2CCC[C@H]2[C@H]2CCCN2C(C)=O)cs1. The standard InChI is InChI=1S/C22H27ClN4O2S/c1-15(28)26-11-5-9-21(26)20-8-4-10-25(20)13-18-14-30-22(24-18)27(16(2)29)19-7-3-6-17(23)12-19/h3,6-7,12,14,20-21H,4-5,8-11,13H2,1-2H3/t20-,21+/m0/s1. The van der Waals surface area contributed by atoms with E-state index in [1.54, 1.807) is 24.0 Å². The van der Waals surface area contributed by atoms with Crippen LogP contribution in [-0.4, -0.2) is 51.8 Å². The predicted molar refractivity (Wildman–Crippen MR) is 120 cm³/mol. The molecule has 2 fully saturated rings. The lowest BCUT2D eigenvalue weighted by Gasteiger charge is -2.34. The highest BCUT2D eigenvalue weighted by atomic mass is 35.5. The van der Waals surface area contributed by atoms with E-state index in [-0.39, 0.29) is 11.8 Å². The topological polar surface area (TPSA) is 56.8 Å². The molecule has 4 rings (SSSR count). The van der Waals surface area contributed by atoms with Crippen molar-refractivity contribution in [2.24, 2.45) is 0 Å². The smallest absolute Gasteiger partial charge is 0.230 e. The van der Waals surface area contributed by atoms with Crippen LogP contribution in [0.2, 0.25) is 5.02 Å². The number of thiazole rings is 1. The first-order chi connectivity index (χ1) is 14.4. The number of hydrogen-bond donors (Lipinski definition) is 0. The summed E-state index contributed by atoms with van der Waals surface area (Å²) in [6.45, 7) is 5.85. The summed E-state index contributed by atoms with van der Waals surface area (Å²) in [6.07, 6.45) is 4.43. The fraction of sp³-hybridized carbons (Fsp3) is 0.500. The van der Waals surface area contributed by atoms with Gasteiger partial charge in [0.25, 0.3) is 0 Å². The Bertz CT molecular complexity index is 933. The van der Waals surface area contributed by atoms with Gasteiger partial charge in [-0.3, -0.25) is 19.4 Å². The molecule has 0 bridgehead atoms. The van der Waals surface area contributed by atoms with Gasteiger partial charge >= 0.3 is 0 Å². The second kappa shape index (κ2) is 9.04. The van der Waals surface area contributed by atoms with Crippen LogP contribution in [-0.2, 0) is 16.1 Å². The Labute approximate surface area is 186 Å². The lowest BCUT2D eigenvalue weighted by molar-refractivity contribution is -0.130. The minimum absolute atomic E-state index is 0.0970. The summed E-state index contributed by atoms with van der Waals surface area (Å²) in [7, 11) is 0. The maximum Gasteiger partial charge on any atom is 0.230 e. The molecule has 2 aromatic rings. The van der Waals surface area contributed by atoms with Crippen LogP contribution in [0.1, 0.15) is 45.2 Å². The average Bonchev–Trinajstić information content (AvgIpc) is 3.42. The molecule has 1 aromatic carbocycles. The maximum absolute atomic E-state index is 12.3. The Morgan fingerprint density at radius 1 is 1.20 bits per heavy atom. The van der Waals surface area contributed by atoms with Gasteiger partial charge in [-0.15, -0.1) is 11.3 Å². The fourth-order valence-electron chi connectivity index (χ4n) is 4.79. The van der Waals surface area contributed by atoms with Crippen molar-refractivity contribution in [2.75, 3.05) is 18.0 Å². The number of aromatic nitrogens is 1. The van der Waals surface area contributed by atoms with E-state index < -0.39 is 0 Å². The third-order valence-corrected chi connectivity index (χ3v) is 7.15. The van der Waals surface area contributed by atoms with E-state index >= 15 is 0 Å². The van der Waals surface area contributed by atoms with Crippen LogP contribution >= 0.6 is 22.9 Å². The van der Waals surface area contributed by atoms with E-state index in [4.69, 9.17) is 16.6 Å². The number of nitrogens with zero attached hydrogens (tertiary/aromatic N) is 4. The summed E-state index contributed by atoms with van der Waals surface area (Å²) in [5.41, 5.74) is 1.68. The van der Waals surface area contributed by atoms with Crippen molar-refractivity contribution in [3.63, 3.8) is 0 Å². The van der Waals surface area contributed by atoms with Crippen molar-refractivity contribution in [3.8, 4) is 0 Å². The fourth-order valence-corrected chi connectivity index (χ4v) is 5.85. The number of likely N-dealkylation sites (tertiary alicyclic amines) is 2. The van der Waals surface area contributed by atoms with Crippen molar-refractivity contribution < 1.29 is 9.59 Å². The number of rotatable bonds is 5. The molecule has 0 saturated carbocycles. The minimum Gasteiger partial charge on any atom is -0.338 e. The Morgan fingerprint density at radius 3 is 2.70 bits per heavy atom. The first-order valence-electron chi connectivity index (χ1n) is 10.5. The van der Waals surface area contributed by atoms with E-state index in [2.05, 4.69) is 4.90 Å². The van der Waals surface area contributed by atoms with E-state index in [0.29, 0.717) is 22.2 Å². The van der Waals surface area contributed by atoms with E-state index in [9.17, 15) is 9.59 Å². The molecule has 2 aliphatic heterocycles. The largest absolute Gasteiger partial charge is 0.338 e. The molecule has 0 unspecified atom stereocenters. The van der Waals surface area contributed by atoms with Crippen molar-refractivity contribution in [1.82, 2.24) is 14.8 Å². The highest BCUT2D eigenvalue weighted by Crippen LogP contribution is 2.33. The molecule has 6 nitrogen and oxygen atoms in total. The lowest BCUT2D eigenvalue weighted by Crippen LogP contribution is -2.47. The summed E-state index contributed by atoms with van der Waals surface area (Å²) in [5.74, 6) is 0.0826. The molecule has 8 heteroatoms. The third-order valence-electron chi connectivity index (χ3n) is 6.04. The molecule has 160 valence electrons. The Kier molecular flexibility index (Phi) is 6.41. The van der Waals surface area contributed by atoms with E-state index in [1.165, 1.54) is 18.3 Å². The lowest BCUT2D eigenvalue weighted by atomic mass is 10.0. The zero-order valence-corrected chi connectivity index (χ0v) is 19.0. The van der Waals surface area contributed by atoms with Crippen LogP contribution in [0.3, 0.4) is 0 Å². The van der Waals surface area contributed by atoms with E-state index in [0.717, 1.165) is 56.7 Å². The maximum atomic E-state index is 12.3. The van der Waals surface area contributed by atoms with Gasteiger partial charge in [-0.2, -0.15) is 0 Å². The number of halogens is 1.